The molecular formula is C11H16O3S. The molecule has 0 saturated heterocycles. The van der Waals surface area contributed by atoms with Crippen LogP contribution in [-0.2, 0) is 15.9 Å². The quantitative estimate of drug-likeness (QED) is 0.790. The first kappa shape index (κ1) is 12.2. The van der Waals surface area contributed by atoms with Crippen LogP contribution < -0.4 is 0 Å². The molecule has 1 rings (SSSR count). The number of hydrogen-bond donors (Lipinski definition) is 1. The number of hydrogen-bond acceptors (Lipinski definition) is 2. The van der Waals surface area contributed by atoms with Crippen molar-refractivity contribution in [2.24, 2.45) is 0 Å². The highest BCUT2D eigenvalue weighted by Crippen LogP contribution is 2.23. The van der Waals surface area contributed by atoms with Gasteiger partial charge in [-0.15, -0.1) is 0 Å². The lowest BCUT2D eigenvalue weighted by molar-refractivity contribution is 0.482. The Morgan fingerprint density at radius 3 is 1.80 bits per heavy atom. The van der Waals surface area contributed by atoms with Crippen LogP contribution in [0.2, 0.25) is 0 Å². The van der Waals surface area contributed by atoms with Gasteiger partial charge in [-0.1, -0.05) is 6.07 Å². The molecule has 84 valence electrons. The second-order valence-corrected chi connectivity index (χ2v) is 5.42. The SMILES string of the molecule is Cc1cc(C)c(C)c(CS(=O)(=O)O)c1C. The zero-order valence-electron chi connectivity index (χ0n) is 9.46. The predicted octanol–water partition coefficient (Wildman–Crippen LogP) is 2.31. The van der Waals surface area contributed by atoms with Crippen molar-refractivity contribution < 1.29 is 13.0 Å². The molecule has 0 spiro atoms. The maximum absolute atomic E-state index is 10.9. The van der Waals surface area contributed by atoms with Crippen LogP contribution in [0, 0.1) is 27.7 Å². The molecule has 1 N–H and O–H groups in total. The minimum Gasteiger partial charge on any atom is -0.285 e. The molecule has 0 aliphatic carbocycles. The minimum atomic E-state index is -3.96. The van der Waals surface area contributed by atoms with Gasteiger partial charge in [-0.2, -0.15) is 8.42 Å². The van der Waals surface area contributed by atoms with E-state index in [2.05, 4.69) is 0 Å². The summed E-state index contributed by atoms with van der Waals surface area (Å²) in [6.45, 7) is 7.63. The Hall–Kier alpha value is -0.870. The van der Waals surface area contributed by atoms with Gasteiger partial charge in [0.1, 0.15) is 5.75 Å². The van der Waals surface area contributed by atoms with Crippen molar-refractivity contribution in [3.8, 4) is 0 Å². The first-order chi connectivity index (χ1) is 6.72. The normalized spacial score (nSPS) is 11.8. The first-order valence-electron chi connectivity index (χ1n) is 4.74. The summed E-state index contributed by atoms with van der Waals surface area (Å²) in [7, 11) is -3.96. The molecule has 0 aliphatic rings. The van der Waals surface area contributed by atoms with E-state index in [0.29, 0.717) is 0 Å². The van der Waals surface area contributed by atoms with Gasteiger partial charge < -0.3 is 0 Å². The van der Waals surface area contributed by atoms with Crippen molar-refractivity contribution in [3.05, 3.63) is 33.9 Å². The lowest BCUT2D eigenvalue weighted by Gasteiger charge is -2.13. The van der Waals surface area contributed by atoms with Gasteiger partial charge in [-0.05, 0) is 55.5 Å². The monoisotopic (exact) mass is 228 g/mol. The molecule has 0 fully saturated rings. The molecule has 4 heteroatoms. The fourth-order valence-electron chi connectivity index (χ4n) is 1.70. The first-order valence-corrected chi connectivity index (χ1v) is 6.34. The Bertz CT molecular complexity index is 461. The van der Waals surface area contributed by atoms with Crippen LogP contribution in [0.5, 0.6) is 0 Å². The molecule has 3 nitrogen and oxygen atoms in total. The Labute approximate surface area is 90.9 Å². The fraction of sp³-hybridized carbons (Fsp3) is 0.455. The Morgan fingerprint density at radius 2 is 1.47 bits per heavy atom. The van der Waals surface area contributed by atoms with Crippen LogP contribution in [-0.4, -0.2) is 13.0 Å². The lowest BCUT2D eigenvalue weighted by Crippen LogP contribution is -2.07. The summed E-state index contributed by atoms with van der Waals surface area (Å²) in [5.74, 6) is -0.298. The van der Waals surface area contributed by atoms with Gasteiger partial charge in [-0.3, -0.25) is 4.55 Å². The van der Waals surface area contributed by atoms with Crippen molar-refractivity contribution in [3.63, 3.8) is 0 Å². The van der Waals surface area contributed by atoms with Gasteiger partial charge in [0.05, 0.1) is 0 Å². The zero-order valence-corrected chi connectivity index (χ0v) is 10.3. The summed E-state index contributed by atoms with van der Waals surface area (Å²) in [6.07, 6.45) is 0. The van der Waals surface area contributed by atoms with E-state index < -0.39 is 10.1 Å². The molecule has 15 heavy (non-hydrogen) atoms. The summed E-state index contributed by atoms with van der Waals surface area (Å²) in [6, 6.07) is 2.03. The van der Waals surface area contributed by atoms with Crippen LogP contribution in [0.3, 0.4) is 0 Å². The van der Waals surface area contributed by atoms with E-state index in [1.807, 2.05) is 33.8 Å². The lowest BCUT2D eigenvalue weighted by atomic mass is 9.95. The minimum absolute atomic E-state index is 0.298. The standard InChI is InChI=1S/C11H16O3S/c1-7-5-8(2)10(4)11(9(7)3)6-15(12,13)14/h5H,6H2,1-4H3,(H,12,13,14). The second-order valence-electron chi connectivity index (χ2n) is 3.97. The summed E-state index contributed by atoms with van der Waals surface area (Å²) in [5.41, 5.74) is 4.70. The summed E-state index contributed by atoms with van der Waals surface area (Å²) >= 11 is 0. The van der Waals surface area contributed by atoms with E-state index in [1.165, 1.54) is 0 Å². The maximum Gasteiger partial charge on any atom is 0.269 e. The highest BCUT2D eigenvalue weighted by Gasteiger charge is 2.14. The second kappa shape index (κ2) is 3.94. The van der Waals surface area contributed by atoms with Gasteiger partial charge in [0, 0.05) is 0 Å². The van der Waals surface area contributed by atoms with Crippen LogP contribution >= 0.6 is 0 Å². The summed E-state index contributed by atoms with van der Waals surface area (Å²) < 4.78 is 30.6. The van der Waals surface area contributed by atoms with Crippen LogP contribution in [0.4, 0.5) is 0 Å². The van der Waals surface area contributed by atoms with Crippen molar-refractivity contribution in [2.75, 3.05) is 0 Å². The van der Waals surface area contributed by atoms with Gasteiger partial charge in [0.25, 0.3) is 10.1 Å². The number of benzene rings is 1. The van der Waals surface area contributed by atoms with Gasteiger partial charge in [-0.25, -0.2) is 0 Å². The molecule has 0 radical (unpaired) electrons. The van der Waals surface area contributed by atoms with Crippen molar-refractivity contribution in [2.45, 2.75) is 33.4 Å². The predicted molar refractivity (Wildman–Crippen MR) is 60.6 cm³/mol. The zero-order chi connectivity index (χ0) is 11.8. The maximum atomic E-state index is 10.9. The van der Waals surface area contributed by atoms with Crippen LogP contribution in [0.1, 0.15) is 27.8 Å². The van der Waals surface area contributed by atoms with E-state index in [1.54, 1.807) is 0 Å². The van der Waals surface area contributed by atoms with Crippen LogP contribution in [0.15, 0.2) is 6.07 Å². The van der Waals surface area contributed by atoms with E-state index >= 15 is 0 Å². The van der Waals surface area contributed by atoms with Gasteiger partial charge in [0.2, 0.25) is 0 Å². The third kappa shape index (κ3) is 2.79. The van der Waals surface area contributed by atoms with Crippen molar-refractivity contribution in [1.82, 2.24) is 0 Å². The molecule has 0 heterocycles. The van der Waals surface area contributed by atoms with Gasteiger partial charge >= 0.3 is 0 Å². The molecule has 0 amide bonds. The van der Waals surface area contributed by atoms with Crippen molar-refractivity contribution in [1.29, 1.82) is 0 Å². The molecule has 0 saturated carbocycles. The van der Waals surface area contributed by atoms with E-state index in [4.69, 9.17) is 4.55 Å². The Balaban J connectivity index is 3.40. The number of aryl methyl sites for hydroxylation is 2. The third-order valence-corrected chi connectivity index (χ3v) is 3.50. The van der Waals surface area contributed by atoms with Crippen LogP contribution in [0.25, 0.3) is 0 Å². The Morgan fingerprint density at radius 1 is 1.07 bits per heavy atom. The van der Waals surface area contributed by atoms with Crippen molar-refractivity contribution >= 4 is 10.1 Å². The third-order valence-electron chi connectivity index (χ3n) is 2.85. The topological polar surface area (TPSA) is 54.4 Å². The summed E-state index contributed by atoms with van der Waals surface area (Å²) in [4.78, 5) is 0. The largest absolute Gasteiger partial charge is 0.285 e. The smallest absolute Gasteiger partial charge is 0.269 e. The van der Waals surface area contributed by atoms with E-state index in [-0.39, 0.29) is 5.75 Å². The molecular weight excluding hydrogens is 212 g/mol. The van der Waals surface area contributed by atoms with E-state index in [0.717, 1.165) is 27.8 Å². The average molecular weight is 228 g/mol. The molecule has 0 bridgehead atoms. The Kier molecular flexibility index (Phi) is 3.21. The van der Waals surface area contributed by atoms with E-state index in [9.17, 15) is 8.42 Å². The molecule has 0 aliphatic heterocycles. The average Bonchev–Trinajstić information content (AvgIpc) is 2.08. The molecule has 0 unspecified atom stereocenters. The molecule has 1 aromatic rings. The highest BCUT2D eigenvalue weighted by atomic mass is 32.2. The molecule has 0 aromatic heterocycles. The summed E-state index contributed by atoms with van der Waals surface area (Å²) in [5, 5.41) is 0. The number of rotatable bonds is 2. The highest BCUT2D eigenvalue weighted by molar-refractivity contribution is 7.85. The van der Waals surface area contributed by atoms with Gasteiger partial charge in [0.15, 0.2) is 0 Å². The molecule has 1 aromatic carbocycles. The fourth-order valence-corrected chi connectivity index (χ4v) is 2.50. The molecule has 0 atom stereocenters.